The van der Waals surface area contributed by atoms with Crippen LogP contribution in [0.15, 0.2) is 48.5 Å². The number of benzene rings is 2. The van der Waals surface area contributed by atoms with Crippen molar-refractivity contribution in [2.75, 3.05) is 13.1 Å². The first kappa shape index (κ1) is 22.6. The minimum atomic E-state index is -4.00. The maximum absolute atomic E-state index is 13.3. The van der Waals surface area contributed by atoms with E-state index in [1.165, 1.54) is 0 Å². The first-order chi connectivity index (χ1) is 15.0. The molecule has 0 spiro atoms. The Balaban J connectivity index is 1.67. The molecule has 2 heterocycles. The molecule has 1 fully saturated rings. The lowest BCUT2D eigenvalue weighted by molar-refractivity contribution is -0.117. The minimum absolute atomic E-state index is 0.0259. The SMILES string of the molecule is CC(=O)NS(=O)(=O)N1CC(NC(=O)c2cc3c(Cl)c(Cl)ccc3n2C)(c2ccccc2)C1. The molecule has 0 radical (unpaired) electrons. The Morgan fingerprint density at radius 3 is 2.34 bits per heavy atom. The summed E-state index contributed by atoms with van der Waals surface area (Å²) in [4.78, 5) is 24.6. The van der Waals surface area contributed by atoms with Gasteiger partial charge in [0.15, 0.2) is 0 Å². The van der Waals surface area contributed by atoms with Crippen LogP contribution in [0.3, 0.4) is 0 Å². The first-order valence-electron chi connectivity index (χ1n) is 9.64. The molecule has 4 rings (SSSR count). The van der Waals surface area contributed by atoms with E-state index in [4.69, 9.17) is 23.2 Å². The fourth-order valence-corrected chi connectivity index (χ4v) is 5.56. The molecule has 32 heavy (non-hydrogen) atoms. The second-order valence-corrected chi connectivity index (χ2v) is 10.2. The van der Waals surface area contributed by atoms with Gasteiger partial charge in [0.25, 0.3) is 5.91 Å². The number of carbonyl (C=O) groups excluding carboxylic acids is 2. The quantitative estimate of drug-likeness (QED) is 0.569. The number of aryl methyl sites for hydroxylation is 1. The largest absolute Gasteiger partial charge is 0.340 e. The van der Waals surface area contributed by atoms with Crippen LogP contribution in [-0.4, -0.2) is 42.2 Å². The van der Waals surface area contributed by atoms with E-state index in [-0.39, 0.29) is 13.1 Å². The van der Waals surface area contributed by atoms with Gasteiger partial charge in [-0.1, -0.05) is 53.5 Å². The van der Waals surface area contributed by atoms with Crippen LogP contribution in [-0.2, 0) is 27.6 Å². The third-order valence-electron chi connectivity index (χ3n) is 5.53. The summed E-state index contributed by atoms with van der Waals surface area (Å²) >= 11 is 12.4. The van der Waals surface area contributed by atoms with Gasteiger partial charge in [-0.3, -0.25) is 9.59 Å². The van der Waals surface area contributed by atoms with E-state index in [1.807, 2.05) is 35.1 Å². The highest BCUT2D eigenvalue weighted by Gasteiger charge is 2.50. The molecule has 1 aliphatic heterocycles. The lowest BCUT2D eigenvalue weighted by atomic mass is 9.84. The maximum Gasteiger partial charge on any atom is 0.303 e. The van der Waals surface area contributed by atoms with Gasteiger partial charge in [-0.15, -0.1) is 0 Å². The molecule has 1 aromatic heterocycles. The molecule has 168 valence electrons. The van der Waals surface area contributed by atoms with Crippen molar-refractivity contribution in [2.45, 2.75) is 12.5 Å². The van der Waals surface area contributed by atoms with E-state index >= 15 is 0 Å². The van der Waals surface area contributed by atoms with E-state index in [0.717, 1.165) is 22.3 Å². The van der Waals surface area contributed by atoms with Gasteiger partial charge in [0.1, 0.15) is 5.69 Å². The monoisotopic (exact) mass is 494 g/mol. The smallest absolute Gasteiger partial charge is 0.303 e. The molecule has 2 N–H and O–H groups in total. The number of rotatable bonds is 5. The number of nitrogens with one attached hydrogen (secondary N) is 2. The Morgan fingerprint density at radius 1 is 1.06 bits per heavy atom. The topological polar surface area (TPSA) is 101 Å². The van der Waals surface area contributed by atoms with Crippen LogP contribution < -0.4 is 10.0 Å². The number of amides is 2. The van der Waals surface area contributed by atoms with Crippen LogP contribution in [0.25, 0.3) is 10.9 Å². The zero-order chi connectivity index (χ0) is 23.3. The van der Waals surface area contributed by atoms with E-state index in [9.17, 15) is 18.0 Å². The van der Waals surface area contributed by atoms with Gasteiger partial charge in [-0.25, -0.2) is 4.72 Å². The summed E-state index contributed by atoms with van der Waals surface area (Å²) in [5, 5.41) is 4.38. The van der Waals surface area contributed by atoms with Crippen LogP contribution in [0, 0.1) is 0 Å². The molecule has 0 aliphatic carbocycles. The molecule has 1 aliphatic rings. The lowest BCUT2D eigenvalue weighted by Crippen LogP contribution is -2.70. The van der Waals surface area contributed by atoms with E-state index in [1.54, 1.807) is 29.8 Å². The summed E-state index contributed by atoms with van der Waals surface area (Å²) in [5.74, 6) is -1.08. The molecule has 0 atom stereocenters. The summed E-state index contributed by atoms with van der Waals surface area (Å²) in [5.41, 5.74) is 0.883. The third-order valence-corrected chi connectivity index (χ3v) is 7.83. The molecular formula is C21H20Cl2N4O4S. The van der Waals surface area contributed by atoms with Crippen molar-refractivity contribution in [3.63, 3.8) is 0 Å². The van der Waals surface area contributed by atoms with Crippen LogP contribution >= 0.6 is 23.2 Å². The number of fused-ring (bicyclic) bond motifs is 1. The fraction of sp³-hybridized carbons (Fsp3) is 0.238. The summed E-state index contributed by atoms with van der Waals surface area (Å²) < 4.78 is 29.5. The van der Waals surface area contributed by atoms with Gasteiger partial charge in [-0.05, 0) is 23.8 Å². The van der Waals surface area contributed by atoms with Crippen LogP contribution in [0.5, 0.6) is 0 Å². The highest BCUT2D eigenvalue weighted by Crippen LogP contribution is 2.36. The second-order valence-electron chi connectivity index (χ2n) is 7.72. The molecule has 2 amide bonds. The Kier molecular flexibility index (Phi) is 5.70. The molecule has 0 unspecified atom stereocenters. The lowest BCUT2D eigenvalue weighted by Gasteiger charge is -2.49. The van der Waals surface area contributed by atoms with Gasteiger partial charge < -0.3 is 9.88 Å². The molecule has 0 saturated carbocycles. The Hall–Kier alpha value is -2.59. The molecule has 0 bridgehead atoms. The van der Waals surface area contributed by atoms with Crippen LogP contribution in [0.4, 0.5) is 0 Å². The van der Waals surface area contributed by atoms with Crippen molar-refractivity contribution < 1.29 is 18.0 Å². The third kappa shape index (κ3) is 3.86. The zero-order valence-corrected chi connectivity index (χ0v) is 19.6. The zero-order valence-electron chi connectivity index (χ0n) is 17.2. The maximum atomic E-state index is 13.3. The Morgan fingerprint density at radius 2 is 1.72 bits per heavy atom. The summed E-state index contributed by atoms with van der Waals surface area (Å²) in [6.45, 7) is 1.07. The summed E-state index contributed by atoms with van der Waals surface area (Å²) in [7, 11) is -2.26. The highest BCUT2D eigenvalue weighted by atomic mass is 35.5. The molecule has 11 heteroatoms. The normalized spacial score (nSPS) is 15.9. The van der Waals surface area contributed by atoms with Crippen LogP contribution in [0.1, 0.15) is 23.0 Å². The predicted octanol–water partition coefficient (Wildman–Crippen LogP) is 2.81. The molecule has 3 aromatic rings. The van der Waals surface area contributed by atoms with E-state index < -0.39 is 27.6 Å². The van der Waals surface area contributed by atoms with Gasteiger partial charge in [0.2, 0.25) is 5.91 Å². The van der Waals surface area contributed by atoms with Crippen molar-refractivity contribution >= 4 is 56.1 Å². The number of carbonyl (C=O) groups is 2. The van der Waals surface area contributed by atoms with E-state index in [0.29, 0.717) is 21.1 Å². The average molecular weight is 495 g/mol. The minimum Gasteiger partial charge on any atom is -0.340 e. The summed E-state index contributed by atoms with van der Waals surface area (Å²) in [6.07, 6.45) is 0. The predicted molar refractivity (Wildman–Crippen MR) is 123 cm³/mol. The van der Waals surface area contributed by atoms with Gasteiger partial charge in [0.05, 0.1) is 15.6 Å². The second kappa shape index (κ2) is 8.08. The number of hydrogen-bond donors (Lipinski definition) is 2. The van der Waals surface area contributed by atoms with Crippen molar-refractivity contribution in [3.05, 3.63) is 69.8 Å². The van der Waals surface area contributed by atoms with Crippen molar-refractivity contribution in [1.29, 1.82) is 0 Å². The molecule has 2 aromatic carbocycles. The summed E-state index contributed by atoms with van der Waals surface area (Å²) in [6, 6.07) is 14.2. The van der Waals surface area contributed by atoms with Crippen molar-refractivity contribution in [1.82, 2.24) is 18.9 Å². The van der Waals surface area contributed by atoms with E-state index in [2.05, 4.69) is 5.32 Å². The Bertz CT molecular complexity index is 1330. The average Bonchev–Trinajstić information content (AvgIpc) is 3.04. The Labute approximate surface area is 195 Å². The van der Waals surface area contributed by atoms with Crippen molar-refractivity contribution in [3.8, 4) is 0 Å². The first-order valence-corrected chi connectivity index (χ1v) is 11.8. The van der Waals surface area contributed by atoms with Gasteiger partial charge in [0, 0.05) is 38.0 Å². The number of aromatic nitrogens is 1. The highest BCUT2D eigenvalue weighted by molar-refractivity contribution is 7.87. The molecule has 8 nitrogen and oxygen atoms in total. The van der Waals surface area contributed by atoms with Crippen LogP contribution in [0.2, 0.25) is 10.0 Å². The van der Waals surface area contributed by atoms with Gasteiger partial charge >= 0.3 is 10.2 Å². The van der Waals surface area contributed by atoms with Crippen molar-refractivity contribution in [2.24, 2.45) is 7.05 Å². The molecule has 1 saturated heterocycles. The number of hydrogen-bond acceptors (Lipinski definition) is 4. The fourth-order valence-electron chi connectivity index (χ4n) is 3.91. The number of halogens is 2. The van der Waals surface area contributed by atoms with Gasteiger partial charge in [-0.2, -0.15) is 12.7 Å². The standard InChI is InChI=1S/C21H20Cl2N4O4S/c1-13(28)25-32(30,31)27-11-21(12-27,14-6-4-3-5-7-14)24-20(29)18-10-15-17(26(18)2)9-8-16(22)19(15)23/h3-10H,11-12H2,1-2H3,(H,24,29)(H,25,28). The number of nitrogens with zero attached hydrogens (tertiary/aromatic N) is 2. The molecular weight excluding hydrogens is 475 g/mol.